The van der Waals surface area contributed by atoms with Gasteiger partial charge in [0, 0.05) is 25.6 Å². The molecule has 3 atom stereocenters. The molecule has 2 N–H and O–H groups in total. The van der Waals surface area contributed by atoms with Crippen LogP contribution in [0.4, 0.5) is 14.9 Å². The molecule has 0 radical (unpaired) electrons. The van der Waals surface area contributed by atoms with E-state index in [9.17, 15) is 14.9 Å². The molecule has 2 aliphatic rings. The number of anilines is 1. The third kappa shape index (κ3) is 8.15. The molecule has 1 fully saturated rings. The van der Waals surface area contributed by atoms with E-state index in [0.717, 1.165) is 30.8 Å². The van der Waals surface area contributed by atoms with Gasteiger partial charge in [-0.1, -0.05) is 12.1 Å². The molecule has 2 amide bonds. The van der Waals surface area contributed by atoms with Gasteiger partial charge in [0.2, 0.25) is 0 Å². The summed E-state index contributed by atoms with van der Waals surface area (Å²) in [6.07, 6.45) is 0.389. The van der Waals surface area contributed by atoms with Crippen molar-refractivity contribution in [1.29, 1.82) is 5.26 Å². The van der Waals surface area contributed by atoms with Crippen LogP contribution >= 0.6 is 0 Å². The Morgan fingerprint density at radius 3 is 2.80 bits per heavy atom. The Hall–Kier alpha value is -3.75. The van der Waals surface area contributed by atoms with Gasteiger partial charge in [0.05, 0.1) is 48.9 Å². The maximum Gasteiger partial charge on any atom is 0.410 e. The van der Waals surface area contributed by atoms with Crippen molar-refractivity contribution < 1.29 is 28.2 Å². The molecule has 11 heteroatoms. The summed E-state index contributed by atoms with van der Waals surface area (Å²) in [7, 11) is 1.55. The van der Waals surface area contributed by atoms with Gasteiger partial charge >= 0.3 is 6.09 Å². The molecule has 1 aromatic carbocycles. The van der Waals surface area contributed by atoms with E-state index >= 15 is 4.39 Å². The first-order valence-electron chi connectivity index (χ1n) is 13.9. The first-order chi connectivity index (χ1) is 19.6. The summed E-state index contributed by atoms with van der Waals surface area (Å²) < 4.78 is 31.9. The lowest BCUT2D eigenvalue weighted by Crippen LogP contribution is -2.53. The Labute approximate surface area is 240 Å². The number of carbonyl (C=O) groups is 2. The number of methoxy groups -OCH3 is 1. The summed E-state index contributed by atoms with van der Waals surface area (Å²) in [5, 5.41) is 15.7. The molecular weight excluding hydrogens is 529 g/mol. The van der Waals surface area contributed by atoms with Gasteiger partial charge in [-0.05, 0) is 63.8 Å². The number of carbonyl (C=O) groups excluding carboxylic acids is 2. The van der Waals surface area contributed by atoms with E-state index in [1.165, 1.54) is 11.0 Å². The fraction of sp³-hybridized carbons (Fsp3) is 0.533. The van der Waals surface area contributed by atoms with Gasteiger partial charge in [-0.2, -0.15) is 5.26 Å². The summed E-state index contributed by atoms with van der Waals surface area (Å²) in [5.74, 6) is -1.05. The topological polar surface area (TPSA) is 126 Å². The second-order valence-electron chi connectivity index (χ2n) is 11.3. The zero-order valence-electron chi connectivity index (χ0n) is 24.0. The summed E-state index contributed by atoms with van der Waals surface area (Å²) in [6.45, 7) is 6.57. The Kier molecular flexibility index (Phi) is 9.78. The Balaban J connectivity index is 1.42. The molecule has 2 aromatic rings. The first-order valence-corrected chi connectivity index (χ1v) is 13.9. The highest BCUT2D eigenvalue weighted by molar-refractivity contribution is 5.82. The molecule has 10 nitrogen and oxygen atoms in total. The second-order valence-corrected chi connectivity index (χ2v) is 11.3. The van der Waals surface area contributed by atoms with Gasteiger partial charge in [0.15, 0.2) is 6.10 Å². The van der Waals surface area contributed by atoms with Gasteiger partial charge in [-0.25, -0.2) is 9.18 Å². The van der Waals surface area contributed by atoms with Crippen molar-refractivity contribution in [3.8, 4) is 17.3 Å². The number of pyridine rings is 1. The van der Waals surface area contributed by atoms with Crippen LogP contribution in [0.25, 0.3) is 11.3 Å². The van der Waals surface area contributed by atoms with Crippen molar-refractivity contribution in [2.24, 2.45) is 0 Å². The van der Waals surface area contributed by atoms with Crippen molar-refractivity contribution in [2.45, 2.75) is 70.3 Å². The Morgan fingerprint density at radius 1 is 1.29 bits per heavy atom. The van der Waals surface area contributed by atoms with E-state index < -0.39 is 35.6 Å². The molecule has 3 heterocycles. The number of nitrogens with one attached hydrogen (secondary N) is 2. The quantitative estimate of drug-likeness (QED) is 0.540. The van der Waals surface area contributed by atoms with Gasteiger partial charge < -0.3 is 29.7 Å². The van der Waals surface area contributed by atoms with E-state index in [1.807, 2.05) is 18.2 Å². The van der Waals surface area contributed by atoms with Crippen LogP contribution in [0.3, 0.4) is 0 Å². The van der Waals surface area contributed by atoms with Crippen molar-refractivity contribution in [3.63, 3.8) is 0 Å². The van der Waals surface area contributed by atoms with Crippen LogP contribution in [0.5, 0.6) is 0 Å². The molecule has 0 saturated carbocycles. The van der Waals surface area contributed by atoms with Crippen LogP contribution in [-0.4, -0.2) is 79.1 Å². The van der Waals surface area contributed by atoms with Gasteiger partial charge in [-0.15, -0.1) is 0 Å². The molecule has 0 spiro atoms. The highest BCUT2D eigenvalue weighted by atomic mass is 19.1. The number of aromatic nitrogens is 1. The first kappa shape index (κ1) is 30.2. The number of nitriles is 1. The highest BCUT2D eigenvalue weighted by Crippen LogP contribution is 2.26. The molecule has 0 bridgehead atoms. The fourth-order valence-electron chi connectivity index (χ4n) is 4.81. The summed E-state index contributed by atoms with van der Waals surface area (Å²) in [6, 6.07) is 9.63. The minimum atomic E-state index is -1.03. The van der Waals surface area contributed by atoms with Crippen LogP contribution in [0.1, 0.15) is 44.9 Å². The van der Waals surface area contributed by atoms with Gasteiger partial charge in [-0.3, -0.25) is 9.78 Å². The molecular formula is C30H38FN5O5. The van der Waals surface area contributed by atoms with Crippen molar-refractivity contribution >= 4 is 17.7 Å². The third-order valence-electron chi connectivity index (χ3n) is 6.97. The van der Waals surface area contributed by atoms with Crippen LogP contribution in [0, 0.1) is 17.1 Å². The van der Waals surface area contributed by atoms with Crippen LogP contribution in [0.15, 0.2) is 30.3 Å². The lowest BCUT2D eigenvalue weighted by Gasteiger charge is -2.34. The molecule has 41 heavy (non-hydrogen) atoms. The zero-order chi connectivity index (χ0) is 29.6. The summed E-state index contributed by atoms with van der Waals surface area (Å²) in [4.78, 5) is 32.1. The molecule has 1 saturated heterocycles. The third-order valence-corrected chi connectivity index (χ3v) is 6.97. The molecule has 0 unspecified atom stereocenters. The van der Waals surface area contributed by atoms with E-state index in [2.05, 4.69) is 15.6 Å². The number of hydrogen-bond donors (Lipinski definition) is 2. The molecule has 220 valence electrons. The molecule has 0 aliphatic carbocycles. The van der Waals surface area contributed by atoms with Crippen LogP contribution < -0.4 is 10.6 Å². The van der Waals surface area contributed by atoms with Gasteiger partial charge in [0.25, 0.3) is 5.91 Å². The minimum Gasteiger partial charge on any atom is -0.444 e. The smallest absolute Gasteiger partial charge is 0.410 e. The SMILES string of the molecule is CO[C@H]1CCO[C@H](C(=O)N[C@H](C#N)Cc2ccc(-c3ccc4c(n3)CCCN4)cc2F)CN(C(=O)OC(C)(C)C)C1. The average Bonchev–Trinajstić information content (AvgIpc) is 2.92. The van der Waals surface area contributed by atoms with E-state index in [0.29, 0.717) is 17.7 Å². The number of amides is 2. The number of aryl methyl sites for hydroxylation is 1. The number of ether oxygens (including phenoxy) is 3. The van der Waals surface area contributed by atoms with Crippen molar-refractivity contribution in [2.75, 3.05) is 38.7 Å². The number of hydrogen-bond acceptors (Lipinski definition) is 8. The maximum atomic E-state index is 15.2. The predicted octanol–water partition coefficient (Wildman–Crippen LogP) is 3.84. The largest absolute Gasteiger partial charge is 0.444 e. The highest BCUT2D eigenvalue weighted by Gasteiger charge is 2.33. The molecule has 1 aromatic heterocycles. The fourth-order valence-corrected chi connectivity index (χ4v) is 4.81. The van der Waals surface area contributed by atoms with Crippen molar-refractivity contribution in [3.05, 3.63) is 47.4 Å². The lowest BCUT2D eigenvalue weighted by molar-refractivity contribution is -0.137. The predicted molar refractivity (Wildman–Crippen MR) is 151 cm³/mol. The molecule has 4 rings (SSSR count). The normalized spacial score (nSPS) is 20.0. The summed E-state index contributed by atoms with van der Waals surface area (Å²) in [5.41, 5.74) is 2.85. The lowest BCUT2D eigenvalue weighted by atomic mass is 10.0. The maximum absolute atomic E-state index is 15.2. The number of benzene rings is 1. The number of halogens is 1. The average molecular weight is 568 g/mol. The standard InChI is InChI=1S/C30H38FN5O5/c1-30(2,3)41-29(38)36-17-22(39-4)11-13-40-27(18-36)28(37)34-21(16-32)14-19-7-8-20(15-23(19)31)24-9-10-25-26(35-24)6-5-12-33-25/h7-10,15,21-22,27,33H,5-6,11-14,17-18H2,1-4H3,(H,34,37)/t21-,22-,27-/m0/s1. The van der Waals surface area contributed by atoms with E-state index in [1.54, 1.807) is 40.0 Å². The monoisotopic (exact) mass is 567 g/mol. The van der Waals surface area contributed by atoms with Crippen LogP contribution in [0.2, 0.25) is 0 Å². The van der Waals surface area contributed by atoms with Crippen LogP contribution in [-0.2, 0) is 31.8 Å². The van der Waals surface area contributed by atoms with Gasteiger partial charge in [0.1, 0.15) is 17.5 Å². The van der Waals surface area contributed by atoms with Crippen molar-refractivity contribution in [1.82, 2.24) is 15.2 Å². The Morgan fingerprint density at radius 2 is 2.10 bits per heavy atom. The summed E-state index contributed by atoms with van der Waals surface area (Å²) >= 11 is 0. The number of rotatable bonds is 6. The zero-order valence-corrected chi connectivity index (χ0v) is 24.0. The minimum absolute atomic E-state index is 0.0376. The van der Waals surface area contributed by atoms with E-state index in [-0.39, 0.29) is 37.8 Å². The molecule has 2 aliphatic heterocycles. The van der Waals surface area contributed by atoms with E-state index in [4.69, 9.17) is 14.2 Å². The number of fused-ring (bicyclic) bond motifs is 1. The number of nitrogens with zero attached hydrogens (tertiary/aromatic N) is 3. The Bertz CT molecular complexity index is 1290. The second kappa shape index (κ2) is 13.3.